The number of hydrogen-bond donors (Lipinski definition) is 1. The van der Waals surface area contributed by atoms with Gasteiger partial charge in [0.15, 0.2) is 5.16 Å². The van der Waals surface area contributed by atoms with Gasteiger partial charge in [-0.25, -0.2) is 4.98 Å². The molecule has 1 aliphatic carbocycles. The highest BCUT2D eigenvalue weighted by molar-refractivity contribution is 7.99. The molecule has 1 N–H and O–H groups in total. The molecule has 1 atom stereocenters. The van der Waals surface area contributed by atoms with Gasteiger partial charge in [0.25, 0.3) is 5.56 Å². The molecule has 1 unspecified atom stereocenters. The van der Waals surface area contributed by atoms with Crippen LogP contribution in [-0.4, -0.2) is 21.2 Å². The van der Waals surface area contributed by atoms with E-state index in [2.05, 4.69) is 10.3 Å². The van der Waals surface area contributed by atoms with Gasteiger partial charge in [0.2, 0.25) is 5.91 Å². The summed E-state index contributed by atoms with van der Waals surface area (Å²) in [6.07, 6.45) is 3.02. The zero-order valence-corrected chi connectivity index (χ0v) is 15.3. The number of aromatic nitrogens is 2. The molecule has 2 aliphatic rings. The molecule has 0 saturated heterocycles. The highest BCUT2D eigenvalue weighted by Crippen LogP contribution is 2.34. The molecule has 0 radical (unpaired) electrons. The predicted octanol–water partition coefficient (Wildman–Crippen LogP) is 3.02. The van der Waals surface area contributed by atoms with Crippen molar-refractivity contribution in [1.82, 2.24) is 9.55 Å². The minimum atomic E-state index is -0.113. The predicted molar refractivity (Wildman–Crippen MR) is 99.4 cm³/mol. The van der Waals surface area contributed by atoms with Gasteiger partial charge in [-0.15, -0.1) is 0 Å². The molecule has 0 bridgehead atoms. The topological polar surface area (TPSA) is 64.0 Å². The Morgan fingerprint density at radius 1 is 1.32 bits per heavy atom. The fourth-order valence-electron chi connectivity index (χ4n) is 3.55. The molecule has 4 rings (SSSR count). The van der Waals surface area contributed by atoms with Gasteiger partial charge < -0.3 is 5.32 Å². The van der Waals surface area contributed by atoms with Gasteiger partial charge in [-0.05, 0) is 56.4 Å². The molecule has 1 aliphatic heterocycles. The quantitative estimate of drug-likeness (QED) is 0.860. The summed E-state index contributed by atoms with van der Waals surface area (Å²) >= 11 is 1.58. The van der Waals surface area contributed by atoms with Gasteiger partial charge in [0, 0.05) is 23.4 Å². The third-order valence-electron chi connectivity index (χ3n) is 5.08. The summed E-state index contributed by atoms with van der Waals surface area (Å²) in [4.78, 5) is 29.9. The van der Waals surface area contributed by atoms with E-state index in [-0.39, 0.29) is 17.5 Å². The minimum Gasteiger partial charge on any atom is -0.326 e. The number of anilines is 1. The molecule has 1 aromatic heterocycles. The molecule has 6 heteroatoms. The highest BCUT2D eigenvalue weighted by atomic mass is 32.2. The van der Waals surface area contributed by atoms with E-state index in [1.807, 2.05) is 32.0 Å². The number of amides is 1. The van der Waals surface area contributed by atoms with E-state index < -0.39 is 0 Å². The van der Waals surface area contributed by atoms with Crippen LogP contribution in [0.1, 0.15) is 41.3 Å². The van der Waals surface area contributed by atoms with Gasteiger partial charge in [0.05, 0.1) is 11.7 Å². The van der Waals surface area contributed by atoms with Crippen LogP contribution in [0.3, 0.4) is 0 Å². The Morgan fingerprint density at radius 2 is 2.16 bits per heavy atom. The van der Waals surface area contributed by atoms with Crippen molar-refractivity contribution in [3.8, 4) is 0 Å². The number of nitrogens with zero attached hydrogens (tertiary/aromatic N) is 2. The number of nitrogens with one attached hydrogen (secondary N) is 1. The lowest BCUT2D eigenvalue weighted by atomic mass is 10.1. The van der Waals surface area contributed by atoms with Crippen LogP contribution < -0.4 is 10.9 Å². The Kier molecular flexibility index (Phi) is 4.15. The lowest BCUT2D eigenvalue weighted by molar-refractivity contribution is -0.116. The Bertz CT molecular complexity index is 920. The van der Waals surface area contributed by atoms with E-state index in [9.17, 15) is 9.59 Å². The van der Waals surface area contributed by atoms with E-state index >= 15 is 0 Å². The molecule has 0 saturated carbocycles. The molecular formula is C19H21N3O2S. The second kappa shape index (κ2) is 6.33. The zero-order chi connectivity index (χ0) is 17.6. The summed E-state index contributed by atoms with van der Waals surface area (Å²) in [5.41, 5.74) is 5.03. The second-order valence-corrected chi connectivity index (χ2v) is 7.85. The first kappa shape index (κ1) is 16.4. The Hall–Kier alpha value is -2.08. The maximum atomic E-state index is 12.8. The summed E-state index contributed by atoms with van der Waals surface area (Å²) in [7, 11) is 0. The molecule has 1 amide bonds. The molecule has 1 aromatic carbocycles. The van der Waals surface area contributed by atoms with E-state index in [0.29, 0.717) is 6.42 Å². The molecule has 2 aromatic rings. The minimum absolute atomic E-state index is 0.0610. The van der Waals surface area contributed by atoms with Crippen molar-refractivity contribution < 1.29 is 4.79 Å². The first-order chi connectivity index (χ1) is 12.0. The Balaban J connectivity index is 1.52. The Morgan fingerprint density at radius 3 is 2.96 bits per heavy atom. The van der Waals surface area contributed by atoms with Gasteiger partial charge in [-0.3, -0.25) is 14.2 Å². The van der Waals surface area contributed by atoms with Crippen molar-refractivity contribution in [2.24, 2.45) is 0 Å². The smallest absolute Gasteiger partial charge is 0.257 e. The summed E-state index contributed by atoms with van der Waals surface area (Å²) in [6, 6.07) is 5.78. The van der Waals surface area contributed by atoms with Gasteiger partial charge in [0.1, 0.15) is 0 Å². The Labute approximate surface area is 150 Å². The van der Waals surface area contributed by atoms with Crippen LogP contribution in [0.5, 0.6) is 0 Å². The average Bonchev–Trinajstić information content (AvgIpc) is 3.19. The third-order valence-corrected chi connectivity index (χ3v) is 6.18. The van der Waals surface area contributed by atoms with Crippen molar-refractivity contribution in [3.05, 3.63) is 50.9 Å². The number of thioether (sulfide) groups is 1. The van der Waals surface area contributed by atoms with Crippen LogP contribution in [-0.2, 0) is 17.6 Å². The van der Waals surface area contributed by atoms with Crippen LogP contribution in [0, 0.1) is 13.8 Å². The first-order valence-corrected chi connectivity index (χ1v) is 9.65. The normalized spacial score (nSPS) is 18.1. The standard InChI is InChI=1S/C19H21N3O2S/c1-11-6-7-13(8-12(11)2)20-17(23)9-14-10-25-19-21-16-5-3-4-15(16)18(24)22(14)19/h6-8,14H,3-5,9-10H2,1-2H3,(H,20,23). The van der Waals surface area contributed by atoms with Crippen molar-refractivity contribution in [3.63, 3.8) is 0 Å². The molecule has 2 heterocycles. The SMILES string of the molecule is Cc1ccc(NC(=O)CC2CSc3nc4c(c(=O)n32)CCC4)cc1C. The summed E-state index contributed by atoms with van der Waals surface area (Å²) < 4.78 is 1.74. The van der Waals surface area contributed by atoms with E-state index in [1.165, 1.54) is 5.56 Å². The maximum Gasteiger partial charge on any atom is 0.257 e. The summed E-state index contributed by atoms with van der Waals surface area (Å²) in [6.45, 7) is 4.08. The maximum absolute atomic E-state index is 12.8. The fraction of sp³-hybridized carbons (Fsp3) is 0.421. The number of carbonyl (C=O) groups excluding carboxylic acids is 1. The lowest BCUT2D eigenvalue weighted by Crippen LogP contribution is -2.30. The summed E-state index contributed by atoms with van der Waals surface area (Å²) in [5.74, 6) is 0.667. The van der Waals surface area contributed by atoms with Crippen LogP contribution in [0.25, 0.3) is 0 Å². The van der Waals surface area contributed by atoms with Crippen molar-refractivity contribution >= 4 is 23.4 Å². The number of hydrogen-bond acceptors (Lipinski definition) is 4. The van der Waals surface area contributed by atoms with Gasteiger partial charge in [-0.1, -0.05) is 17.8 Å². The average molecular weight is 355 g/mol. The van der Waals surface area contributed by atoms with E-state index in [0.717, 1.165) is 52.7 Å². The van der Waals surface area contributed by atoms with Gasteiger partial charge >= 0.3 is 0 Å². The van der Waals surface area contributed by atoms with Gasteiger partial charge in [-0.2, -0.15) is 0 Å². The molecule has 5 nitrogen and oxygen atoms in total. The number of carbonyl (C=O) groups is 1. The molecular weight excluding hydrogens is 334 g/mol. The number of aryl methyl sites for hydroxylation is 3. The largest absolute Gasteiger partial charge is 0.326 e. The molecule has 0 spiro atoms. The monoisotopic (exact) mass is 355 g/mol. The van der Waals surface area contributed by atoms with Crippen LogP contribution in [0.15, 0.2) is 28.2 Å². The van der Waals surface area contributed by atoms with E-state index in [4.69, 9.17) is 0 Å². The van der Waals surface area contributed by atoms with Crippen molar-refractivity contribution in [2.45, 2.75) is 50.7 Å². The number of benzene rings is 1. The third kappa shape index (κ3) is 2.99. The number of rotatable bonds is 3. The van der Waals surface area contributed by atoms with Crippen molar-refractivity contribution in [1.29, 1.82) is 0 Å². The molecule has 0 fully saturated rings. The zero-order valence-electron chi connectivity index (χ0n) is 14.5. The van der Waals surface area contributed by atoms with Crippen molar-refractivity contribution in [2.75, 3.05) is 11.1 Å². The second-order valence-electron chi connectivity index (χ2n) is 6.86. The van der Waals surface area contributed by atoms with Crippen LogP contribution >= 0.6 is 11.8 Å². The van der Waals surface area contributed by atoms with E-state index in [1.54, 1.807) is 16.3 Å². The molecule has 130 valence electrons. The number of fused-ring (bicyclic) bond motifs is 2. The van der Waals surface area contributed by atoms with Crippen LogP contribution in [0.2, 0.25) is 0 Å². The fourth-order valence-corrected chi connectivity index (χ4v) is 4.70. The molecule has 25 heavy (non-hydrogen) atoms. The summed E-state index contributed by atoms with van der Waals surface area (Å²) in [5, 5.41) is 3.73. The lowest BCUT2D eigenvalue weighted by Gasteiger charge is -2.15. The first-order valence-electron chi connectivity index (χ1n) is 8.67. The van der Waals surface area contributed by atoms with Crippen LogP contribution in [0.4, 0.5) is 5.69 Å². The highest BCUT2D eigenvalue weighted by Gasteiger charge is 2.31.